The molecular weight excluding hydrogens is 532 g/mol. The van der Waals surface area contributed by atoms with Gasteiger partial charge < -0.3 is 25.6 Å². The topological polar surface area (TPSA) is 133 Å². The van der Waals surface area contributed by atoms with E-state index in [2.05, 4.69) is 10.6 Å². The number of carbonyl (C=O) groups excluding carboxylic acids is 2. The van der Waals surface area contributed by atoms with Crippen LogP contribution in [0.5, 0.6) is 0 Å². The monoisotopic (exact) mass is 594 g/mol. The highest BCUT2D eigenvalue weighted by Gasteiger charge is 2.29. The molecule has 42 heavy (non-hydrogen) atoms. The van der Waals surface area contributed by atoms with E-state index in [1.165, 1.54) is 103 Å². The highest BCUT2D eigenvalue weighted by molar-refractivity contribution is 5.85. The van der Waals surface area contributed by atoms with Crippen LogP contribution in [0.25, 0.3) is 0 Å². The van der Waals surface area contributed by atoms with Crippen molar-refractivity contribution < 1.29 is 29.4 Å². The Balaban J connectivity index is 1.86. The van der Waals surface area contributed by atoms with Gasteiger partial charge in [0.2, 0.25) is 5.91 Å². The van der Waals surface area contributed by atoms with E-state index in [0.717, 1.165) is 51.6 Å². The number of hydrogen-bond acceptors (Lipinski definition) is 5. The lowest BCUT2D eigenvalue weighted by atomic mass is 9.81. The highest BCUT2D eigenvalue weighted by Crippen LogP contribution is 2.28. The summed E-state index contributed by atoms with van der Waals surface area (Å²) < 4.78 is 0. The molecule has 0 aromatic carbocycles. The predicted octanol–water partition coefficient (Wildman–Crippen LogP) is 7.43. The lowest BCUT2D eigenvalue weighted by Gasteiger charge is -2.29. The maximum Gasteiger partial charge on any atom is 0.326 e. The van der Waals surface area contributed by atoms with Gasteiger partial charge in [0, 0.05) is 18.8 Å². The Kier molecular flexibility index (Phi) is 23.1. The molecule has 1 rings (SSSR count). The van der Waals surface area contributed by atoms with Crippen molar-refractivity contribution in [3.8, 4) is 0 Å². The summed E-state index contributed by atoms with van der Waals surface area (Å²) in [5.74, 6) is -1.52. The van der Waals surface area contributed by atoms with Gasteiger partial charge in [-0.1, -0.05) is 96.3 Å². The van der Waals surface area contributed by atoms with Gasteiger partial charge in [0.15, 0.2) is 0 Å². The second-order valence-electron chi connectivity index (χ2n) is 12.7. The number of carbonyl (C=O) groups is 4. The van der Waals surface area contributed by atoms with Crippen LogP contribution in [0.2, 0.25) is 0 Å². The number of carboxylic acids is 2. The SMILES string of the molecule is CC(=O)CC[C@H](NC(=O)[C@H]1CC[C@@H](CNCCCCCCCCCCCCCCCCCCCC(=O)O)CC1)C(=O)O. The Morgan fingerprint density at radius 3 is 1.52 bits per heavy atom. The van der Waals surface area contributed by atoms with E-state index in [1.54, 1.807) is 0 Å². The van der Waals surface area contributed by atoms with Crippen LogP contribution in [0.3, 0.4) is 0 Å². The maximum atomic E-state index is 12.5. The van der Waals surface area contributed by atoms with Gasteiger partial charge in [0.05, 0.1) is 0 Å². The lowest BCUT2D eigenvalue weighted by Crippen LogP contribution is -2.44. The number of aliphatic carboxylic acids is 2. The van der Waals surface area contributed by atoms with Crippen LogP contribution in [0, 0.1) is 11.8 Å². The van der Waals surface area contributed by atoms with Crippen LogP contribution in [0.15, 0.2) is 0 Å². The molecule has 244 valence electrons. The fourth-order valence-corrected chi connectivity index (χ4v) is 6.01. The van der Waals surface area contributed by atoms with E-state index >= 15 is 0 Å². The molecule has 1 fully saturated rings. The van der Waals surface area contributed by atoms with Crippen molar-refractivity contribution in [2.24, 2.45) is 11.8 Å². The van der Waals surface area contributed by atoms with Crippen molar-refractivity contribution in [3.05, 3.63) is 0 Å². The Hall–Kier alpha value is -1.96. The molecule has 0 saturated heterocycles. The van der Waals surface area contributed by atoms with E-state index in [0.29, 0.717) is 12.3 Å². The molecule has 0 spiro atoms. The zero-order valence-corrected chi connectivity index (χ0v) is 26.6. The molecule has 1 amide bonds. The second-order valence-corrected chi connectivity index (χ2v) is 12.7. The summed E-state index contributed by atoms with van der Waals surface area (Å²) in [5.41, 5.74) is 0. The standard InChI is InChI=1S/C34H62N2O6/c1-28(37)20-25-31(34(41)42)36-33(40)30-23-21-29(22-24-30)27-35-26-18-16-14-12-10-8-6-4-2-3-5-7-9-11-13-15-17-19-32(38)39/h29-31,35H,2-27H2,1H3,(H,36,40)(H,38,39)(H,41,42)/t29-,30+,31-/m0/s1. The molecule has 1 saturated carbocycles. The van der Waals surface area contributed by atoms with Crippen molar-refractivity contribution >= 4 is 23.6 Å². The number of amides is 1. The van der Waals surface area contributed by atoms with Gasteiger partial charge in [-0.15, -0.1) is 0 Å². The molecule has 8 nitrogen and oxygen atoms in total. The molecule has 1 atom stereocenters. The van der Waals surface area contributed by atoms with Crippen LogP contribution >= 0.6 is 0 Å². The zero-order chi connectivity index (χ0) is 30.8. The van der Waals surface area contributed by atoms with Crippen molar-refractivity contribution in [2.45, 2.75) is 167 Å². The summed E-state index contributed by atoms with van der Waals surface area (Å²) in [6.45, 7) is 3.49. The third-order valence-corrected chi connectivity index (χ3v) is 8.79. The molecule has 0 aromatic rings. The van der Waals surface area contributed by atoms with Gasteiger partial charge in [-0.25, -0.2) is 4.79 Å². The zero-order valence-electron chi connectivity index (χ0n) is 26.6. The fraction of sp³-hybridized carbons (Fsp3) is 0.882. The molecule has 0 radical (unpaired) electrons. The average Bonchev–Trinajstić information content (AvgIpc) is 2.95. The van der Waals surface area contributed by atoms with Crippen LogP contribution in [-0.4, -0.2) is 53.0 Å². The van der Waals surface area contributed by atoms with Crippen molar-refractivity contribution in [2.75, 3.05) is 13.1 Å². The summed E-state index contributed by atoms with van der Waals surface area (Å²) in [4.78, 5) is 45.6. The highest BCUT2D eigenvalue weighted by atomic mass is 16.4. The first-order valence-corrected chi connectivity index (χ1v) is 17.2. The number of carboxylic acid groups (broad SMARTS) is 2. The number of unbranched alkanes of at least 4 members (excludes halogenated alkanes) is 16. The van der Waals surface area contributed by atoms with Crippen molar-refractivity contribution in [1.82, 2.24) is 10.6 Å². The second kappa shape index (κ2) is 25.5. The quantitative estimate of drug-likeness (QED) is 0.0692. The molecule has 0 unspecified atom stereocenters. The Labute approximate surface area is 255 Å². The molecule has 8 heteroatoms. The van der Waals surface area contributed by atoms with Crippen molar-refractivity contribution in [3.63, 3.8) is 0 Å². The Bertz CT molecular complexity index is 736. The molecule has 1 aliphatic carbocycles. The number of hydrogen-bond donors (Lipinski definition) is 4. The first-order valence-electron chi connectivity index (χ1n) is 17.2. The summed E-state index contributed by atoms with van der Waals surface area (Å²) in [7, 11) is 0. The van der Waals surface area contributed by atoms with Gasteiger partial charge in [-0.05, 0) is 70.9 Å². The molecule has 0 aliphatic heterocycles. The Morgan fingerprint density at radius 1 is 0.643 bits per heavy atom. The third kappa shape index (κ3) is 21.7. The minimum absolute atomic E-state index is 0.0655. The normalized spacial score (nSPS) is 17.5. The van der Waals surface area contributed by atoms with Crippen LogP contribution in [-0.2, 0) is 19.2 Å². The maximum absolute atomic E-state index is 12.5. The first kappa shape index (κ1) is 38.1. The minimum atomic E-state index is -1.07. The summed E-state index contributed by atoms with van der Waals surface area (Å²) in [6, 6.07) is -0.979. The van der Waals surface area contributed by atoms with Crippen molar-refractivity contribution in [1.29, 1.82) is 0 Å². The van der Waals surface area contributed by atoms with Gasteiger partial charge >= 0.3 is 11.9 Å². The van der Waals surface area contributed by atoms with Crippen LogP contribution < -0.4 is 10.6 Å². The molecule has 0 bridgehead atoms. The lowest BCUT2D eigenvalue weighted by molar-refractivity contribution is -0.143. The summed E-state index contributed by atoms with van der Waals surface area (Å²) in [5, 5.41) is 24.2. The Morgan fingerprint density at radius 2 is 1.10 bits per heavy atom. The average molecular weight is 595 g/mol. The van der Waals surface area contributed by atoms with E-state index in [-0.39, 0.29) is 30.4 Å². The molecule has 0 heterocycles. The smallest absolute Gasteiger partial charge is 0.326 e. The van der Waals surface area contributed by atoms with E-state index < -0.39 is 18.0 Å². The van der Waals surface area contributed by atoms with E-state index in [9.17, 15) is 24.3 Å². The van der Waals surface area contributed by atoms with E-state index in [4.69, 9.17) is 5.11 Å². The number of Topliss-reactive ketones (excluding diaryl/α,β-unsaturated/α-hetero) is 1. The summed E-state index contributed by atoms with van der Waals surface area (Å²) in [6.07, 6.45) is 25.9. The molecule has 4 N–H and O–H groups in total. The van der Waals surface area contributed by atoms with Gasteiger partial charge in [-0.2, -0.15) is 0 Å². The fourth-order valence-electron chi connectivity index (χ4n) is 6.01. The van der Waals surface area contributed by atoms with Crippen LogP contribution in [0.1, 0.15) is 161 Å². The summed E-state index contributed by atoms with van der Waals surface area (Å²) >= 11 is 0. The largest absolute Gasteiger partial charge is 0.481 e. The molecular formula is C34H62N2O6. The molecule has 0 aromatic heterocycles. The van der Waals surface area contributed by atoms with Gasteiger partial charge in [0.1, 0.15) is 11.8 Å². The predicted molar refractivity (Wildman–Crippen MR) is 169 cm³/mol. The van der Waals surface area contributed by atoms with Crippen LogP contribution in [0.4, 0.5) is 0 Å². The first-order chi connectivity index (χ1) is 20.3. The van der Waals surface area contributed by atoms with E-state index in [1.807, 2.05) is 0 Å². The van der Waals surface area contributed by atoms with Gasteiger partial charge in [-0.3, -0.25) is 9.59 Å². The number of ketones is 1. The van der Waals surface area contributed by atoms with Gasteiger partial charge in [0.25, 0.3) is 0 Å². The minimum Gasteiger partial charge on any atom is -0.481 e. The molecule has 1 aliphatic rings. The number of nitrogens with one attached hydrogen (secondary N) is 2. The third-order valence-electron chi connectivity index (χ3n) is 8.79. The number of rotatable bonds is 28.